The van der Waals surface area contributed by atoms with Crippen LogP contribution in [0.5, 0.6) is 0 Å². The second-order valence-corrected chi connectivity index (χ2v) is 11.6. The fraction of sp³-hybridized carbons (Fsp3) is 0.435. The van der Waals surface area contributed by atoms with E-state index in [1.165, 1.54) is 15.6 Å². The van der Waals surface area contributed by atoms with Crippen LogP contribution in [-0.4, -0.2) is 41.9 Å². The smallest absolute Gasteiger partial charge is 0.244 e. The summed E-state index contributed by atoms with van der Waals surface area (Å²) in [7, 11) is -3.75. The first-order chi connectivity index (χ1) is 15.7. The van der Waals surface area contributed by atoms with Gasteiger partial charge >= 0.3 is 0 Å². The zero-order valence-corrected chi connectivity index (χ0v) is 20.8. The molecule has 0 aliphatic carbocycles. The maximum Gasteiger partial charge on any atom is 0.244 e. The summed E-state index contributed by atoms with van der Waals surface area (Å²) in [5.41, 5.74) is 2.87. The number of sulfonamides is 1. The Morgan fingerprint density at radius 3 is 2.76 bits per heavy atom. The lowest BCUT2D eigenvalue weighted by Gasteiger charge is -2.31. The predicted molar refractivity (Wildman–Crippen MR) is 128 cm³/mol. The lowest BCUT2D eigenvalue weighted by atomic mass is 9.98. The molecule has 3 heterocycles. The summed E-state index contributed by atoms with van der Waals surface area (Å²) in [5, 5.41) is 6.94. The first kappa shape index (κ1) is 23.6. The van der Waals surface area contributed by atoms with Crippen molar-refractivity contribution in [3.05, 3.63) is 46.2 Å². The molecular weight excluding hydrogens is 460 g/mol. The van der Waals surface area contributed by atoms with Gasteiger partial charge in [0.2, 0.25) is 27.6 Å². The van der Waals surface area contributed by atoms with Crippen molar-refractivity contribution in [2.75, 3.05) is 18.4 Å². The van der Waals surface area contributed by atoms with Crippen LogP contribution in [-0.2, 0) is 21.2 Å². The van der Waals surface area contributed by atoms with Crippen molar-refractivity contribution < 1.29 is 17.7 Å². The lowest BCUT2D eigenvalue weighted by molar-refractivity contribution is -0.120. The van der Waals surface area contributed by atoms with E-state index in [4.69, 9.17) is 4.52 Å². The molecule has 1 fully saturated rings. The number of carbonyl (C=O) groups excluding carboxylic acids is 1. The summed E-state index contributed by atoms with van der Waals surface area (Å²) in [6, 6.07) is 7.46. The number of hydrogen-bond donors (Lipinski definition) is 1. The summed E-state index contributed by atoms with van der Waals surface area (Å²) < 4.78 is 33.5. The molecule has 1 aliphatic rings. The number of anilines is 1. The van der Waals surface area contributed by atoms with E-state index in [0.29, 0.717) is 47.3 Å². The van der Waals surface area contributed by atoms with Crippen molar-refractivity contribution in [2.24, 2.45) is 5.92 Å². The second kappa shape index (κ2) is 9.36. The number of hydrogen-bond acceptors (Lipinski definition) is 7. The van der Waals surface area contributed by atoms with Crippen molar-refractivity contribution in [2.45, 2.75) is 51.9 Å². The molecule has 8 nitrogen and oxygen atoms in total. The van der Waals surface area contributed by atoms with E-state index in [1.54, 1.807) is 13.0 Å². The minimum Gasteiger partial charge on any atom is -0.339 e. The van der Waals surface area contributed by atoms with Gasteiger partial charge in [0.15, 0.2) is 0 Å². The van der Waals surface area contributed by atoms with Gasteiger partial charge in [0.05, 0.1) is 15.7 Å². The number of nitrogens with zero attached hydrogens (tertiary/aromatic N) is 3. The quantitative estimate of drug-likeness (QED) is 0.554. The van der Waals surface area contributed by atoms with Crippen LogP contribution in [0, 0.1) is 26.7 Å². The van der Waals surface area contributed by atoms with Gasteiger partial charge in [-0.05, 0) is 51.3 Å². The normalized spacial score (nSPS) is 17.3. The van der Waals surface area contributed by atoms with E-state index >= 15 is 0 Å². The van der Waals surface area contributed by atoms with Crippen molar-refractivity contribution in [1.29, 1.82) is 0 Å². The summed E-state index contributed by atoms with van der Waals surface area (Å²) in [6.07, 6.45) is 1.89. The molecule has 1 saturated heterocycles. The van der Waals surface area contributed by atoms with Gasteiger partial charge in [0.1, 0.15) is 0 Å². The molecule has 3 aromatic rings. The Kier molecular flexibility index (Phi) is 6.69. The SMILES string of the molecule is CCc1nc(-c2cc(S(=O)(=O)N3CCC[C@@H](C(=O)Nc4ccc(C)cc4C)C3)c(C)s2)no1. The van der Waals surface area contributed by atoms with Gasteiger partial charge in [-0.15, -0.1) is 11.3 Å². The molecule has 4 rings (SSSR count). The Bertz CT molecular complexity index is 1280. The molecule has 176 valence electrons. The zero-order valence-electron chi connectivity index (χ0n) is 19.2. The molecule has 0 spiro atoms. The molecule has 1 aromatic carbocycles. The highest BCUT2D eigenvalue weighted by atomic mass is 32.2. The molecule has 10 heteroatoms. The molecule has 0 saturated carbocycles. The highest BCUT2D eigenvalue weighted by Crippen LogP contribution is 2.35. The van der Waals surface area contributed by atoms with Crippen LogP contribution < -0.4 is 5.32 Å². The maximum absolute atomic E-state index is 13.5. The van der Waals surface area contributed by atoms with Gasteiger partial charge in [0, 0.05) is 30.1 Å². The number of aromatic nitrogens is 2. The van der Waals surface area contributed by atoms with Gasteiger partial charge in [-0.1, -0.05) is 29.8 Å². The van der Waals surface area contributed by atoms with Crippen molar-refractivity contribution in [3.8, 4) is 10.7 Å². The Hall–Kier alpha value is -2.56. The molecule has 1 N–H and O–H groups in total. The third kappa shape index (κ3) is 4.87. The van der Waals surface area contributed by atoms with E-state index in [1.807, 2.05) is 39.0 Å². The number of nitrogens with one attached hydrogen (secondary N) is 1. The standard InChI is InChI=1S/C23H28N4O4S2/c1-5-21-25-22(26-31-21)19-12-20(16(4)32-19)33(29,30)27-10-6-7-17(13-27)23(28)24-18-9-8-14(2)11-15(18)3/h8-9,11-12,17H,5-7,10,13H2,1-4H3,(H,24,28)/t17-/m1/s1. The second-order valence-electron chi connectivity index (χ2n) is 8.41. The number of piperidine rings is 1. The van der Waals surface area contributed by atoms with Crippen LogP contribution in [0.3, 0.4) is 0 Å². The largest absolute Gasteiger partial charge is 0.339 e. The van der Waals surface area contributed by atoms with Crippen molar-refractivity contribution >= 4 is 33.0 Å². The molecule has 1 aliphatic heterocycles. The van der Waals surface area contributed by atoms with E-state index in [9.17, 15) is 13.2 Å². The fourth-order valence-corrected chi connectivity index (χ4v) is 7.04. The fourth-order valence-electron chi connectivity index (χ4n) is 4.03. The highest BCUT2D eigenvalue weighted by molar-refractivity contribution is 7.89. The Balaban J connectivity index is 1.52. The molecule has 1 amide bonds. The van der Waals surface area contributed by atoms with Gasteiger partial charge in [0.25, 0.3) is 0 Å². The van der Waals surface area contributed by atoms with Crippen LogP contribution in [0.1, 0.15) is 41.7 Å². The first-order valence-electron chi connectivity index (χ1n) is 11.0. The number of aryl methyl sites for hydroxylation is 4. The minimum atomic E-state index is -3.75. The van der Waals surface area contributed by atoms with Crippen LogP contribution in [0.2, 0.25) is 0 Å². The average Bonchev–Trinajstić information content (AvgIpc) is 3.42. The molecule has 1 atom stereocenters. The van der Waals surface area contributed by atoms with Crippen LogP contribution in [0.25, 0.3) is 10.7 Å². The molecule has 33 heavy (non-hydrogen) atoms. The summed E-state index contributed by atoms with van der Waals surface area (Å²) in [6.45, 7) is 8.19. The topological polar surface area (TPSA) is 105 Å². The number of thiophene rings is 1. The third-order valence-electron chi connectivity index (χ3n) is 5.88. The maximum atomic E-state index is 13.5. The van der Waals surface area contributed by atoms with Crippen molar-refractivity contribution in [1.82, 2.24) is 14.4 Å². The van der Waals surface area contributed by atoms with Crippen LogP contribution in [0.15, 0.2) is 33.7 Å². The molecule has 2 aromatic heterocycles. The summed E-state index contributed by atoms with van der Waals surface area (Å²) >= 11 is 1.32. The molecule has 0 bridgehead atoms. The molecule has 0 unspecified atom stereocenters. The van der Waals surface area contributed by atoms with Crippen LogP contribution in [0.4, 0.5) is 5.69 Å². The first-order valence-corrected chi connectivity index (χ1v) is 13.3. The lowest BCUT2D eigenvalue weighted by Crippen LogP contribution is -2.43. The average molecular weight is 489 g/mol. The zero-order chi connectivity index (χ0) is 23.8. The summed E-state index contributed by atoms with van der Waals surface area (Å²) in [4.78, 5) is 18.8. The van der Waals surface area contributed by atoms with Gasteiger partial charge in [-0.2, -0.15) is 9.29 Å². The van der Waals surface area contributed by atoms with E-state index in [2.05, 4.69) is 15.5 Å². The number of carbonyl (C=O) groups is 1. The number of benzene rings is 1. The third-order valence-corrected chi connectivity index (χ3v) is 9.04. The van der Waals surface area contributed by atoms with E-state index in [-0.39, 0.29) is 17.3 Å². The van der Waals surface area contributed by atoms with Crippen molar-refractivity contribution in [3.63, 3.8) is 0 Å². The Labute approximate surface area is 198 Å². The van der Waals surface area contributed by atoms with Crippen LogP contribution >= 0.6 is 11.3 Å². The minimum absolute atomic E-state index is 0.150. The van der Waals surface area contributed by atoms with E-state index in [0.717, 1.165) is 16.8 Å². The number of rotatable bonds is 6. The highest BCUT2D eigenvalue weighted by Gasteiger charge is 2.35. The van der Waals surface area contributed by atoms with Gasteiger partial charge in [-0.25, -0.2) is 8.42 Å². The summed E-state index contributed by atoms with van der Waals surface area (Å²) in [5.74, 6) is 0.348. The van der Waals surface area contributed by atoms with Gasteiger partial charge in [-0.3, -0.25) is 4.79 Å². The Morgan fingerprint density at radius 2 is 2.06 bits per heavy atom. The van der Waals surface area contributed by atoms with E-state index < -0.39 is 15.9 Å². The monoisotopic (exact) mass is 488 g/mol. The Morgan fingerprint density at radius 1 is 1.27 bits per heavy atom. The molecule has 0 radical (unpaired) electrons. The van der Waals surface area contributed by atoms with Gasteiger partial charge < -0.3 is 9.84 Å². The predicted octanol–water partition coefficient (Wildman–Crippen LogP) is 4.33. The number of amides is 1. The molecular formula is C23H28N4O4S2.